The maximum absolute atomic E-state index is 13.3. The van der Waals surface area contributed by atoms with Crippen LogP contribution in [0, 0.1) is 5.92 Å². The first-order chi connectivity index (χ1) is 16.9. The molecule has 4 rings (SSSR count). The molecule has 2 unspecified atom stereocenters. The molecule has 2 heterocycles. The van der Waals surface area contributed by atoms with Gasteiger partial charge in [0.25, 0.3) is 5.91 Å². The highest BCUT2D eigenvalue weighted by atomic mass is 32.2. The summed E-state index contributed by atoms with van der Waals surface area (Å²) in [5.41, 5.74) is 0.964. The van der Waals surface area contributed by atoms with Gasteiger partial charge in [-0.3, -0.25) is 14.5 Å². The molecule has 35 heavy (non-hydrogen) atoms. The zero-order chi connectivity index (χ0) is 24.9. The minimum atomic E-state index is -0.677. The molecule has 1 aliphatic carbocycles. The van der Waals surface area contributed by atoms with Gasteiger partial charge in [0.05, 0.1) is 24.2 Å². The van der Waals surface area contributed by atoms with Gasteiger partial charge >= 0.3 is 0 Å². The lowest BCUT2D eigenvalue weighted by atomic mass is 9.84. The lowest BCUT2D eigenvalue weighted by Crippen LogP contribution is -2.47. The zero-order valence-corrected chi connectivity index (χ0v) is 21.8. The Morgan fingerprint density at radius 3 is 2.69 bits per heavy atom. The Morgan fingerprint density at radius 1 is 1.26 bits per heavy atom. The fourth-order valence-electron chi connectivity index (χ4n) is 4.37. The zero-order valence-electron chi connectivity index (χ0n) is 19.3. The van der Waals surface area contributed by atoms with E-state index in [0.717, 1.165) is 24.2 Å². The SMILES string of the molecule is CSc1ccc(-c2ccc(C=C3SC(=S)N(C4CCCC(C(=O)NC(CO)CO)C4)C3=O)o2)cc1. The monoisotopic (exact) mass is 532 g/mol. The third-order valence-corrected chi connectivity index (χ3v) is 8.34. The smallest absolute Gasteiger partial charge is 0.266 e. The summed E-state index contributed by atoms with van der Waals surface area (Å²) in [7, 11) is 0. The van der Waals surface area contributed by atoms with Crippen molar-refractivity contribution in [1.82, 2.24) is 10.2 Å². The summed E-state index contributed by atoms with van der Waals surface area (Å²) >= 11 is 8.46. The van der Waals surface area contributed by atoms with Crippen molar-refractivity contribution in [3.63, 3.8) is 0 Å². The molecule has 10 heteroatoms. The number of thiocarbonyl (C=S) groups is 1. The number of benzene rings is 1. The number of thioether (sulfide) groups is 2. The van der Waals surface area contributed by atoms with Crippen molar-refractivity contribution in [3.05, 3.63) is 47.1 Å². The molecule has 0 spiro atoms. The fourth-order valence-corrected chi connectivity index (χ4v) is 6.16. The van der Waals surface area contributed by atoms with Gasteiger partial charge in [0, 0.05) is 28.5 Å². The van der Waals surface area contributed by atoms with Gasteiger partial charge in [0.2, 0.25) is 5.91 Å². The molecule has 0 radical (unpaired) electrons. The van der Waals surface area contributed by atoms with E-state index in [4.69, 9.17) is 16.6 Å². The predicted octanol–water partition coefficient (Wildman–Crippen LogP) is 3.90. The quantitative estimate of drug-likeness (QED) is 0.267. The molecule has 1 aromatic heterocycles. The van der Waals surface area contributed by atoms with Gasteiger partial charge in [-0.05, 0) is 49.8 Å². The van der Waals surface area contributed by atoms with E-state index in [1.807, 2.05) is 42.7 Å². The first-order valence-electron chi connectivity index (χ1n) is 11.5. The fraction of sp³-hybridized carbons (Fsp3) is 0.400. The molecule has 186 valence electrons. The molecule has 1 saturated carbocycles. The average Bonchev–Trinajstić information content (AvgIpc) is 3.46. The normalized spacial score (nSPS) is 21.8. The first kappa shape index (κ1) is 26.0. The highest BCUT2D eigenvalue weighted by molar-refractivity contribution is 8.26. The van der Waals surface area contributed by atoms with Gasteiger partial charge in [-0.15, -0.1) is 11.8 Å². The van der Waals surface area contributed by atoms with Crippen LogP contribution >= 0.6 is 35.7 Å². The van der Waals surface area contributed by atoms with Gasteiger partial charge in [-0.2, -0.15) is 0 Å². The van der Waals surface area contributed by atoms with E-state index in [1.165, 1.54) is 16.7 Å². The molecule has 2 amide bonds. The molecular weight excluding hydrogens is 504 g/mol. The number of rotatable bonds is 8. The topological polar surface area (TPSA) is 103 Å². The van der Waals surface area contributed by atoms with Crippen LogP contribution in [0.2, 0.25) is 0 Å². The Kier molecular flexibility index (Phi) is 8.72. The van der Waals surface area contributed by atoms with Crippen LogP contribution in [0.1, 0.15) is 31.4 Å². The van der Waals surface area contributed by atoms with Crippen molar-refractivity contribution in [3.8, 4) is 11.3 Å². The Bertz CT molecular complexity index is 1110. The summed E-state index contributed by atoms with van der Waals surface area (Å²) < 4.78 is 6.45. The third kappa shape index (κ3) is 6.00. The van der Waals surface area contributed by atoms with E-state index < -0.39 is 6.04 Å². The molecule has 1 saturated heterocycles. The first-order valence-corrected chi connectivity index (χ1v) is 13.9. The van der Waals surface area contributed by atoms with Crippen molar-refractivity contribution in [2.45, 2.75) is 42.7 Å². The number of aliphatic hydroxyl groups is 2. The number of nitrogens with zero attached hydrogens (tertiary/aromatic N) is 1. The molecular formula is C25H28N2O5S3. The number of furan rings is 1. The number of hydrogen-bond donors (Lipinski definition) is 3. The molecule has 2 aromatic rings. The van der Waals surface area contributed by atoms with E-state index in [0.29, 0.717) is 27.8 Å². The summed E-state index contributed by atoms with van der Waals surface area (Å²) in [6, 6.07) is 11.0. The third-order valence-electron chi connectivity index (χ3n) is 6.27. The summed E-state index contributed by atoms with van der Waals surface area (Å²) in [5, 5.41) is 21.2. The summed E-state index contributed by atoms with van der Waals surface area (Å²) in [5.74, 6) is 0.626. The van der Waals surface area contributed by atoms with Gasteiger partial charge in [-0.1, -0.05) is 42.5 Å². The lowest BCUT2D eigenvalue weighted by Gasteiger charge is -2.34. The van der Waals surface area contributed by atoms with Crippen LogP contribution in [0.5, 0.6) is 0 Å². The van der Waals surface area contributed by atoms with Crippen LogP contribution < -0.4 is 5.32 Å². The van der Waals surface area contributed by atoms with Crippen LogP contribution in [0.15, 0.2) is 50.6 Å². The minimum absolute atomic E-state index is 0.165. The second kappa shape index (κ2) is 11.7. The Hall–Kier alpha value is -2.11. The van der Waals surface area contributed by atoms with Gasteiger partial charge in [-0.25, -0.2) is 0 Å². The average molecular weight is 533 g/mol. The van der Waals surface area contributed by atoms with Crippen molar-refractivity contribution in [1.29, 1.82) is 0 Å². The number of nitrogens with one attached hydrogen (secondary N) is 1. The number of aliphatic hydroxyl groups excluding tert-OH is 2. The van der Waals surface area contributed by atoms with E-state index in [9.17, 15) is 19.8 Å². The standard InChI is InChI=1S/C25H28N2O5S3/c1-34-20-8-5-15(6-9-20)21-10-7-19(32-21)12-22-24(31)27(25(33)35-22)18-4-2-3-16(11-18)23(30)26-17(13-28)14-29/h5-10,12,16-18,28-29H,2-4,11,13-14H2,1H3,(H,26,30). The van der Waals surface area contributed by atoms with Crippen LogP contribution in [0.25, 0.3) is 17.4 Å². The number of hydrogen-bond acceptors (Lipinski definition) is 8. The summed E-state index contributed by atoms with van der Waals surface area (Å²) in [6.07, 6.45) is 6.50. The van der Waals surface area contributed by atoms with E-state index in [-0.39, 0.29) is 37.0 Å². The summed E-state index contributed by atoms with van der Waals surface area (Å²) in [4.78, 5) is 29.2. The van der Waals surface area contributed by atoms with Gasteiger partial charge in [0.15, 0.2) is 0 Å². The predicted molar refractivity (Wildman–Crippen MR) is 143 cm³/mol. The number of carbonyl (C=O) groups excluding carboxylic acids is 2. The molecule has 0 bridgehead atoms. The summed E-state index contributed by atoms with van der Waals surface area (Å²) in [6.45, 7) is -0.648. The van der Waals surface area contributed by atoms with Crippen molar-refractivity contribution in [2.24, 2.45) is 5.92 Å². The highest BCUT2D eigenvalue weighted by Crippen LogP contribution is 2.39. The number of carbonyl (C=O) groups is 2. The van der Waals surface area contributed by atoms with Crippen molar-refractivity contribution < 1.29 is 24.2 Å². The lowest BCUT2D eigenvalue weighted by molar-refractivity contribution is -0.130. The molecule has 7 nitrogen and oxygen atoms in total. The molecule has 2 aliphatic rings. The molecule has 1 aliphatic heterocycles. The van der Waals surface area contributed by atoms with Crippen LogP contribution in [-0.4, -0.2) is 62.8 Å². The minimum Gasteiger partial charge on any atom is -0.457 e. The van der Waals surface area contributed by atoms with Gasteiger partial charge < -0.3 is 19.9 Å². The molecule has 1 aromatic carbocycles. The Balaban J connectivity index is 1.44. The molecule has 3 N–H and O–H groups in total. The Labute approximate surface area is 218 Å². The second-order valence-electron chi connectivity index (χ2n) is 8.57. The van der Waals surface area contributed by atoms with E-state index >= 15 is 0 Å². The van der Waals surface area contributed by atoms with Crippen molar-refractivity contribution >= 4 is 58.0 Å². The maximum atomic E-state index is 13.3. The maximum Gasteiger partial charge on any atom is 0.266 e. The van der Waals surface area contributed by atoms with Crippen LogP contribution in [-0.2, 0) is 9.59 Å². The highest BCUT2D eigenvalue weighted by Gasteiger charge is 2.40. The Morgan fingerprint density at radius 2 is 2.00 bits per heavy atom. The molecule has 2 fully saturated rings. The van der Waals surface area contributed by atoms with Crippen LogP contribution in [0.4, 0.5) is 0 Å². The number of amides is 2. The largest absolute Gasteiger partial charge is 0.457 e. The second-order valence-corrected chi connectivity index (χ2v) is 11.1. The van der Waals surface area contributed by atoms with E-state index in [2.05, 4.69) is 5.32 Å². The van der Waals surface area contributed by atoms with E-state index in [1.54, 1.807) is 22.7 Å². The van der Waals surface area contributed by atoms with Crippen LogP contribution in [0.3, 0.4) is 0 Å². The van der Waals surface area contributed by atoms with Crippen molar-refractivity contribution in [2.75, 3.05) is 19.5 Å². The molecule has 2 atom stereocenters. The van der Waals surface area contributed by atoms with Gasteiger partial charge in [0.1, 0.15) is 15.8 Å².